The topological polar surface area (TPSA) is 235 Å². The monoisotopic (exact) mass is 1690 g/mol. The Labute approximate surface area is 747 Å². The van der Waals surface area contributed by atoms with Crippen LogP contribution in [0, 0.1) is 39.7 Å². The first-order chi connectivity index (χ1) is 62.5. The summed E-state index contributed by atoms with van der Waals surface area (Å²) in [7, 11) is 0. The summed E-state index contributed by atoms with van der Waals surface area (Å²) in [6.07, 6.45) is 48.7. The van der Waals surface area contributed by atoms with Crippen LogP contribution in [-0.4, -0.2) is 108 Å². The molecule has 0 bridgehead atoms. The van der Waals surface area contributed by atoms with E-state index in [1.54, 1.807) is 18.6 Å². The molecule has 0 saturated carbocycles. The second kappa shape index (κ2) is 39.9. The van der Waals surface area contributed by atoms with Crippen molar-refractivity contribution in [3.8, 4) is 57.2 Å². The number of aryl methyl sites for hydroxylation is 3. The second-order valence-electron chi connectivity index (χ2n) is 33.3. The molecule has 0 fully saturated rings. The van der Waals surface area contributed by atoms with E-state index in [1.165, 1.54) is 72.3 Å². The van der Waals surface area contributed by atoms with E-state index in [0.717, 1.165) is 191 Å². The van der Waals surface area contributed by atoms with E-state index in [0.29, 0.717) is 29.4 Å². The molecule has 0 aliphatic carbocycles. The predicted octanol–water partition coefficient (Wildman–Crippen LogP) is 23.7. The molecule has 6 N–H and O–H groups in total. The highest BCUT2D eigenvalue weighted by Gasteiger charge is 2.23. The number of para-hydroxylation sites is 2. The minimum absolute atomic E-state index is 0.373. The molecule has 4 atom stereocenters. The van der Waals surface area contributed by atoms with Gasteiger partial charge in [0.05, 0.1) is 41.2 Å². The van der Waals surface area contributed by atoms with Gasteiger partial charge in [0.1, 0.15) is 5.65 Å². The van der Waals surface area contributed by atoms with E-state index in [2.05, 4.69) is 318 Å². The van der Waals surface area contributed by atoms with Crippen LogP contribution in [0.3, 0.4) is 0 Å². The van der Waals surface area contributed by atoms with E-state index >= 15 is 0 Å². The fourth-order valence-corrected chi connectivity index (χ4v) is 16.2. The fourth-order valence-electron chi connectivity index (χ4n) is 16.2. The minimum Gasteiger partial charge on any atom is -0.382 e. The number of rotatable bonds is 28. The second-order valence-corrected chi connectivity index (χ2v) is 33.3. The standard InChI is InChI=1S/C28H28N6.C28H27N5.C25H26N6.C25H29N5/c1-3-19(2)25-16-32-28-24(29-12-11-20-15-30-23-9-5-4-8-22(20)23)14-21(18-34(25)28)26-17-31-27-10-6-7-13-33(26)27;1-4-19(3)27-17-32-28-26(30-11-10-21-16-31-25-9-7-6-8-24(21)25)13-23(18-33(27)28)22-12-20(5-2)14-29-15-22;1-5-18(3)23-15-29-25-24(28-11-10-19-8-6-17(2)7-9-19)30-22(16-31(23)25)20-12-21(26-4)14-27-13-20;1-5-19(4)23-15-28-25-24(27-11-10-20-8-6-17(2)7-9-20)29-22(16-30(23)25)21-12-18(3)13-26-14-21/h4-10,13-19,29-30H,3,11-12H2,1-2H3;2,6-9,12-19,30-31H,4,10-11H2,1,3H3;6-9,12-16,18H,5,10-11H2,1-3H3,(H,28,30);6-9,12-16,19H,5,10-11H2,1-4H3,(H,27,29). The first-order valence-electron chi connectivity index (χ1n) is 44.6. The summed E-state index contributed by atoms with van der Waals surface area (Å²) in [5.74, 6) is 5.87. The zero-order chi connectivity index (χ0) is 88.7. The smallest absolute Gasteiger partial charge is 0.205 e. The van der Waals surface area contributed by atoms with Crippen LogP contribution in [-0.2, 0) is 25.7 Å². The molecule has 0 aliphatic rings. The van der Waals surface area contributed by atoms with Crippen molar-refractivity contribution in [2.45, 2.75) is 151 Å². The average Bonchev–Trinajstić information content (AvgIpc) is 1.60. The fraction of sp³-hybridized carbons (Fsp3) is 0.255. The minimum atomic E-state index is 0.373. The van der Waals surface area contributed by atoms with Crippen molar-refractivity contribution in [1.82, 2.24) is 81.8 Å². The van der Waals surface area contributed by atoms with Crippen molar-refractivity contribution in [3.63, 3.8) is 0 Å². The van der Waals surface area contributed by atoms with E-state index in [-0.39, 0.29) is 0 Å². The quantitative estimate of drug-likeness (QED) is 0.0198. The molecule has 4 aromatic carbocycles. The van der Waals surface area contributed by atoms with Crippen LogP contribution < -0.4 is 21.3 Å². The number of nitrogens with one attached hydrogen (secondary N) is 6. The zero-order valence-corrected chi connectivity index (χ0v) is 74.8. The predicted molar refractivity (Wildman–Crippen MR) is 522 cm³/mol. The van der Waals surface area contributed by atoms with Gasteiger partial charge in [-0.2, -0.15) is 0 Å². The summed E-state index contributed by atoms with van der Waals surface area (Å²) in [6.45, 7) is 34.5. The molecular formula is C106H110N22. The molecule has 0 saturated heterocycles. The molecule has 15 aromatic heterocycles. The Morgan fingerprint density at radius 2 is 0.852 bits per heavy atom. The maximum atomic E-state index is 7.29. The Morgan fingerprint density at radius 3 is 1.35 bits per heavy atom. The summed E-state index contributed by atoms with van der Waals surface area (Å²) >= 11 is 0. The third-order valence-corrected chi connectivity index (χ3v) is 24.5. The molecule has 22 heteroatoms. The van der Waals surface area contributed by atoms with Gasteiger partial charge in [0.15, 0.2) is 34.2 Å². The highest BCUT2D eigenvalue weighted by atomic mass is 15.1. The molecule has 19 aromatic rings. The number of H-pyrrole nitrogens is 2. The van der Waals surface area contributed by atoms with Gasteiger partial charge in [-0.15, -0.1) is 6.42 Å². The van der Waals surface area contributed by atoms with Crippen molar-refractivity contribution in [2.24, 2.45) is 0 Å². The number of anilines is 4. The van der Waals surface area contributed by atoms with Gasteiger partial charge in [0.25, 0.3) is 0 Å². The van der Waals surface area contributed by atoms with Crippen LogP contribution in [0.2, 0.25) is 0 Å². The van der Waals surface area contributed by atoms with Crippen molar-refractivity contribution in [2.75, 3.05) is 47.4 Å². The Balaban J connectivity index is 0.000000125. The molecular weight excluding hydrogens is 1580 g/mol. The maximum Gasteiger partial charge on any atom is 0.205 e. The third-order valence-electron chi connectivity index (χ3n) is 24.5. The highest BCUT2D eigenvalue weighted by Crippen LogP contribution is 2.36. The number of aromatic amines is 2. The lowest BCUT2D eigenvalue weighted by Gasteiger charge is -2.14. The molecule has 0 radical (unpaired) electrons. The first kappa shape index (κ1) is 86.5. The zero-order valence-electron chi connectivity index (χ0n) is 74.8. The molecule has 128 heavy (non-hydrogen) atoms. The number of hydrogen-bond donors (Lipinski definition) is 6. The van der Waals surface area contributed by atoms with Gasteiger partial charge in [-0.3, -0.25) is 28.2 Å². The average molecular weight is 1690 g/mol. The highest BCUT2D eigenvalue weighted by molar-refractivity contribution is 5.85. The summed E-state index contributed by atoms with van der Waals surface area (Å²) in [4.78, 5) is 56.5. The van der Waals surface area contributed by atoms with Crippen LogP contribution >= 0.6 is 0 Å². The molecule has 4 unspecified atom stereocenters. The molecule has 0 aliphatic heterocycles. The molecule has 644 valence electrons. The Kier molecular flexibility index (Phi) is 26.9. The molecule has 15 heterocycles. The van der Waals surface area contributed by atoms with Crippen LogP contribution in [0.4, 0.5) is 28.7 Å². The van der Waals surface area contributed by atoms with Crippen LogP contribution in [0.5, 0.6) is 0 Å². The summed E-state index contributed by atoms with van der Waals surface area (Å²) < 4.78 is 10.9. The van der Waals surface area contributed by atoms with Crippen molar-refractivity contribution < 1.29 is 0 Å². The number of nitrogens with zero attached hydrogens (tertiary/aromatic N) is 16. The van der Waals surface area contributed by atoms with Gasteiger partial charge in [0.2, 0.25) is 5.69 Å². The molecule has 0 amide bonds. The van der Waals surface area contributed by atoms with Gasteiger partial charge in [-0.05, 0) is 178 Å². The normalized spacial score (nSPS) is 12.3. The molecule has 0 spiro atoms. The lowest BCUT2D eigenvalue weighted by Crippen LogP contribution is -2.09. The van der Waals surface area contributed by atoms with Crippen LogP contribution in [0.25, 0.3) is 99.8 Å². The van der Waals surface area contributed by atoms with Crippen molar-refractivity contribution in [1.29, 1.82) is 0 Å². The number of aromatic nitrogens is 17. The lowest BCUT2D eigenvalue weighted by atomic mass is 10.0. The van der Waals surface area contributed by atoms with Crippen molar-refractivity contribution in [3.05, 3.63) is 336 Å². The first-order valence-corrected chi connectivity index (χ1v) is 44.6. The molecule has 19 rings (SSSR count). The van der Waals surface area contributed by atoms with E-state index in [9.17, 15) is 0 Å². The number of pyridine rings is 6. The Morgan fingerprint density at radius 1 is 0.406 bits per heavy atom. The van der Waals surface area contributed by atoms with Crippen LogP contribution in [0.1, 0.15) is 172 Å². The van der Waals surface area contributed by atoms with Crippen molar-refractivity contribution >= 4 is 78.7 Å². The van der Waals surface area contributed by atoms with Gasteiger partial charge < -0.3 is 40.0 Å². The van der Waals surface area contributed by atoms with Gasteiger partial charge in [-0.1, -0.05) is 163 Å². The Bertz CT molecular complexity index is 7140. The SMILES string of the molecule is C#Cc1cncc(-c2cc(NCCc3c[nH]c4ccccc34)c3ncc(C(C)CC)n3c2)c1.CCC(C)c1cnc2c(NCCc3c[nH]c4ccccc34)cc(-c3cnc4ccccn34)cn12.CCC(C)c1cnc2c(NCCc3ccc(C)cc3)nc(-c3cncc(C)c3)cn12.[C-]#[N+]c1cncc(-c2cn3c(C(C)CC)cnc3c(NCCc3ccc(C)cc3)n2)c1. The number of terminal acetylenes is 1. The number of hydrogen-bond acceptors (Lipinski definition) is 14. The van der Waals surface area contributed by atoms with E-state index in [4.69, 9.17) is 37.9 Å². The summed E-state index contributed by atoms with van der Waals surface area (Å²) in [5.41, 5.74) is 31.6. The van der Waals surface area contributed by atoms with Crippen LogP contribution in [0.15, 0.2) is 257 Å². The number of imidazole rings is 5. The van der Waals surface area contributed by atoms with E-state index < -0.39 is 0 Å². The number of fused-ring (bicyclic) bond motifs is 7. The third kappa shape index (κ3) is 19.4. The Hall–Kier alpha value is -15.0. The lowest BCUT2D eigenvalue weighted by molar-refractivity contribution is 0.700. The van der Waals surface area contributed by atoms with Gasteiger partial charge >= 0.3 is 0 Å². The van der Waals surface area contributed by atoms with E-state index in [1.807, 2.05) is 86.1 Å². The summed E-state index contributed by atoms with van der Waals surface area (Å²) in [6, 6.07) is 50.5. The maximum absolute atomic E-state index is 7.29. The number of benzene rings is 4. The largest absolute Gasteiger partial charge is 0.382 e. The summed E-state index contributed by atoms with van der Waals surface area (Å²) in [5, 5.41) is 16.9. The van der Waals surface area contributed by atoms with Gasteiger partial charge in [0, 0.05) is 209 Å². The van der Waals surface area contributed by atoms with Gasteiger partial charge in [-0.25, -0.2) is 39.7 Å². The molecule has 22 nitrogen and oxygen atoms in total.